The lowest BCUT2D eigenvalue weighted by Gasteiger charge is -2.00. The Balaban J connectivity index is 2.12. The van der Waals surface area contributed by atoms with E-state index in [0.29, 0.717) is 0 Å². The predicted octanol–water partition coefficient (Wildman–Crippen LogP) is 5.83. The molecule has 3 rings (SSSR count). The highest BCUT2D eigenvalue weighted by Gasteiger charge is 2.09. The van der Waals surface area contributed by atoms with Crippen molar-refractivity contribution in [1.82, 2.24) is 0 Å². The van der Waals surface area contributed by atoms with E-state index in [2.05, 4.69) is 61.5 Å². The Bertz CT molecular complexity index is 748. The van der Waals surface area contributed by atoms with Crippen LogP contribution in [0.25, 0.3) is 28.2 Å². The molecule has 1 heteroatoms. The molecule has 0 atom stereocenters. The van der Waals surface area contributed by atoms with E-state index < -0.39 is 0 Å². The van der Waals surface area contributed by atoms with Crippen LogP contribution in [-0.2, 0) is 0 Å². The van der Waals surface area contributed by atoms with Crippen LogP contribution in [0.5, 0.6) is 0 Å². The molecule has 0 bridgehead atoms. The molecule has 0 aliphatic rings. The van der Waals surface area contributed by atoms with Crippen molar-refractivity contribution in [2.75, 3.05) is 0 Å². The zero-order chi connectivity index (χ0) is 13.9. The molecule has 100 valence electrons. The van der Waals surface area contributed by atoms with Crippen LogP contribution in [0.3, 0.4) is 0 Å². The molecule has 2 aromatic carbocycles. The molecule has 0 spiro atoms. The van der Waals surface area contributed by atoms with Gasteiger partial charge in [0.05, 0.1) is 0 Å². The van der Waals surface area contributed by atoms with E-state index in [1.54, 1.807) is 0 Å². The molecule has 0 saturated heterocycles. The highest BCUT2D eigenvalue weighted by atomic mass is 16.3. The van der Waals surface area contributed by atoms with E-state index in [4.69, 9.17) is 4.42 Å². The van der Waals surface area contributed by atoms with Gasteiger partial charge in [0.15, 0.2) is 0 Å². The standard InChI is InChI=1S/C19H18O/c1-3-4-10-17-14(2)20-19-13-16(11-12-18(17)19)15-8-6-5-7-9-15/h4-13H,3H2,1-2H3/b10-4-. The van der Waals surface area contributed by atoms with Gasteiger partial charge in [0.1, 0.15) is 11.3 Å². The van der Waals surface area contributed by atoms with Gasteiger partial charge in [0, 0.05) is 10.9 Å². The fourth-order valence-corrected chi connectivity index (χ4v) is 2.49. The number of aryl methyl sites for hydroxylation is 1. The molecule has 0 amide bonds. The van der Waals surface area contributed by atoms with Gasteiger partial charge in [-0.3, -0.25) is 0 Å². The summed E-state index contributed by atoms with van der Waals surface area (Å²) >= 11 is 0. The van der Waals surface area contributed by atoms with E-state index in [1.807, 2.05) is 13.0 Å². The second kappa shape index (κ2) is 5.38. The average Bonchev–Trinajstić information content (AvgIpc) is 2.80. The van der Waals surface area contributed by atoms with Crippen LogP contribution < -0.4 is 0 Å². The highest BCUT2D eigenvalue weighted by Crippen LogP contribution is 2.30. The Morgan fingerprint density at radius 3 is 2.55 bits per heavy atom. The minimum atomic E-state index is 0.958. The van der Waals surface area contributed by atoms with Gasteiger partial charge < -0.3 is 4.42 Å². The number of fused-ring (bicyclic) bond motifs is 1. The van der Waals surface area contributed by atoms with Crippen LogP contribution in [0.15, 0.2) is 59.0 Å². The van der Waals surface area contributed by atoms with E-state index in [1.165, 1.54) is 22.1 Å². The normalized spacial score (nSPS) is 11.5. The summed E-state index contributed by atoms with van der Waals surface area (Å²) in [6, 6.07) is 16.8. The first-order chi connectivity index (χ1) is 9.79. The van der Waals surface area contributed by atoms with Gasteiger partial charge in [0.2, 0.25) is 0 Å². The topological polar surface area (TPSA) is 13.1 Å². The molecular weight excluding hydrogens is 244 g/mol. The average molecular weight is 262 g/mol. The van der Waals surface area contributed by atoms with Crippen molar-refractivity contribution < 1.29 is 4.42 Å². The zero-order valence-electron chi connectivity index (χ0n) is 11.9. The van der Waals surface area contributed by atoms with Crippen molar-refractivity contribution in [3.8, 4) is 11.1 Å². The summed E-state index contributed by atoms with van der Waals surface area (Å²) in [5, 5.41) is 1.19. The quantitative estimate of drug-likeness (QED) is 0.578. The maximum Gasteiger partial charge on any atom is 0.135 e. The molecule has 3 aromatic rings. The Labute approximate surface area is 119 Å². The molecule has 0 fully saturated rings. The summed E-state index contributed by atoms with van der Waals surface area (Å²) < 4.78 is 5.91. The maximum absolute atomic E-state index is 5.91. The molecule has 0 radical (unpaired) electrons. The van der Waals surface area contributed by atoms with Crippen LogP contribution in [0, 0.1) is 6.92 Å². The minimum Gasteiger partial charge on any atom is -0.461 e. The third kappa shape index (κ3) is 2.27. The summed E-state index contributed by atoms with van der Waals surface area (Å²) in [4.78, 5) is 0. The number of rotatable bonds is 3. The second-order valence-electron chi connectivity index (χ2n) is 4.96. The zero-order valence-corrected chi connectivity index (χ0v) is 11.9. The van der Waals surface area contributed by atoms with E-state index >= 15 is 0 Å². The lowest BCUT2D eigenvalue weighted by molar-refractivity contribution is 0.577. The fourth-order valence-electron chi connectivity index (χ4n) is 2.49. The minimum absolute atomic E-state index is 0.958. The summed E-state index contributed by atoms with van der Waals surface area (Å²) in [5.74, 6) is 0.981. The van der Waals surface area contributed by atoms with Crippen LogP contribution >= 0.6 is 0 Å². The van der Waals surface area contributed by atoms with Gasteiger partial charge in [-0.15, -0.1) is 0 Å². The predicted molar refractivity (Wildman–Crippen MR) is 85.7 cm³/mol. The van der Waals surface area contributed by atoms with Crippen molar-refractivity contribution in [2.45, 2.75) is 20.3 Å². The van der Waals surface area contributed by atoms with Crippen LogP contribution in [0.4, 0.5) is 0 Å². The first-order valence-corrected chi connectivity index (χ1v) is 7.04. The molecule has 0 N–H and O–H groups in total. The molecular formula is C19H18O. The number of allylic oxidation sites excluding steroid dienone is 1. The van der Waals surface area contributed by atoms with Crippen molar-refractivity contribution in [1.29, 1.82) is 0 Å². The Kier molecular flexibility index (Phi) is 3.42. The van der Waals surface area contributed by atoms with E-state index in [-0.39, 0.29) is 0 Å². The van der Waals surface area contributed by atoms with Gasteiger partial charge in [0.25, 0.3) is 0 Å². The largest absolute Gasteiger partial charge is 0.461 e. The monoisotopic (exact) mass is 262 g/mol. The van der Waals surface area contributed by atoms with Gasteiger partial charge in [-0.25, -0.2) is 0 Å². The van der Waals surface area contributed by atoms with Crippen LogP contribution in [0.2, 0.25) is 0 Å². The molecule has 1 heterocycles. The first-order valence-electron chi connectivity index (χ1n) is 7.04. The molecule has 20 heavy (non-hydrogen) atoms. The Morgan fingerprint density at radius 2 is 1.80 bits per heavy atom. The molecule has 0 aliphatic heterocycles. The van der Waals surface area contributed by atoms with Crippen LogP contribution in [0.1, 0.15) is 24.7 Å². The van der Waals surface area contributed by atoms with Crippen molar-refractivity contribution in [3.63, 3.8) is 0 Å². The van der Waals surface area contributed by atoms with Crippen molar-refractivity contribution in [3.05, 3.63) is 65.9 Å². The second-order valence-corrected chi connectivity index (χ2v) is 4.96. The molecule has 0 unspecified atom stereocenters. The molecule has 1 nitrogen and oxygen atoms in total. The lowest BCUT2D eigenvalue weighted by atomic mass is 10.0. The number of furan rings is 1. The van der Waals surface area contributed by atoms with Crippen molar-refractivity contribution >= 4 is 17.0 Å². The number of benzene rings is 2. The Morgan fingerprint density at radius 1 is 1.00 bits per heavy atom. The van der Waals surface area contributed by atoms with Gasteiger partial charge in [-0.1, -0.05) is 55.5 Å². The number of hydrogen-bond acceptors (Lipinski definition) is 1. The number of hydrogen-bond donors (Lipinski definition) is 0. The summed E-state index contributed by atoms with van der Waals surface area (Å²) in [6.07, 6.45) is 5.36. The van der Waals surface area contributed by atoms with E-state index in [9.17, 15) is 0 Å². The SMILES string of the molecule is CC/C=C\c1c(C)oc2cc(-c3ccccc3)ccc12. The Hall–Kier alpha value is -2.28. The summed E-state index contributed by atoms with van der Waals surface area (Å²) in [6.45, 7) is 4.17. The van der Waals surface area contributed by atoms with E-state index in [0.717, 1.165) is 17.8 Å². The lowest BCUT2D eigenvalue weighted by Crippen LogP contribution is -1.77. The molecule has 0 aliphatic carbocycles. The first kappa shape index (κ1) is 12.7. The fraction of sp³-hybridized carbons (Fsp3) is 0.158. The van der Waals surface area contributed by atoms with Crippen LogP contribution in [-0.4, -0.2) is 0 Å². The van der Waals surface area contributed by atoms with Gasteiger partial charge in [-0.2, -0.15) is 0 Å². The highest BCUT2D eigenvalue weighted by molar-refractivity contribution is 5.91. The smallest absolute Gasteiger partial charge is 0.135 e. The third-order valence-corrected chi connectivity index (χ3v) is 3.54. The summed E-state index contributed by atoms with van der Waals surface area (Å²) in [5.41, 5.74) is 4.56. The molecule has 0 saturated carbocycles. The van der Waals surface area contributed by atoms with Crippen molar-refractivity contribution in [2.24, 2.45) is 0 Å². The van der Waals surface area contributed by atoms with Gasteiger partial charge >= 0.3 is 0 Å². The van der Waals surface area contributed by atoms with Gasteiger partial charge in [-0.05, 0) is 36.6 Å². The third-order valence-electron chi connectivity index (χ3n) is 3.54. The molecule has 1 aromatic heterocycles. The summed E-state index contributed by atoms with van der Waals surface area (Å²) in [7, 11) is 0. The maximum atomic E-state index is 5.91.